The van der Waals surface area contributed by atoms with Crippen LogP contribution in [0.25, 0.3) is 0 Å². The quantitative estimate of drug-likeness (QED) is 0.101. The molecule has 0 aromatic rings. The van der Waals surface area contributed by atoms with E-state index in [4.69, 9.17) is 0 Å². The third kappa shape index (κ3) is 30.5. The minimum Gasteiger partial charge on any atom is -0.468 e. The fraction of sp³-hybridized carbons (Fsp3) is 0.658. The summed E-state index contributed by atoms with van der Waals surface area (Å²) in [6, 6.07) is 0. The first-order valence-corrected chi connectivity index (χ1v) is 16.0. The van der Waals surface area contributed by atoms with Crippen LogP contribution < -0.4 is 0 Å². The lowest BCUT2D eigenvalue weighted by Gasteiger charge is -2.18. The maximum absolute atomic E-state index is 9.46. The van der Waals surface area contributed by atoms with Crippen molar-refractivity contribution in [1.82, 2.24) is 0 Å². The lowest BCUT2D eigenvalue weighted by molar-refractivity contribution is -0.128. The summed E-state index contributed by atoms with van der Waals surface area (Å²) in [4.78, 5) is 9.46. The van der Waals surface area contributed by atoms with E-state index in [2.05, 4.69) is 97.1 Å². The Balaban J connectivity index is 0. The molecule has 0 fully saturated rings. The van der Waals surface area contributed by atoms with Crippen molar-refractivity contribution in [2.24, 2.45) is 5.92 Å². The molecule has 0 N–H and O–H groups in total. The van der Waals surface area contributed by atoms with Gasteiger partial charge in [0.1, 0.15) is 0 Å². The van der Waals surface area contributed by atoms with Crippen LogP contribution in [0.1, 0.15) is 152 Å². The van der Waals surface area contributed by atoms with Crippen molar-refractivity contribution in [3.63, 3.8) is 0 Å². The molecule has 0 spiro atoms. The van der Waals surface area contributed by atoms with E-state index in [9.17, 15) is 4.79 Å². The highest BCUT2D eigenvalue weighted by Gasteiger charge is 2.09. The molecular weight excluding hydrogens is 488 g/mol. The van der Waals surface area contributed by atoms with Gasteiger partial charge in [-0.05, 0) is 131 Å². The van der Waals surface area contributed by atoms with E-state index in [-0.39, 0.29) is 0 Å². The van der Waals surface area contributed by atoms with Gasteiger partial charge in [-0.3, -0.25) is 4.79 Å². The van der Waals surface area contributed by atoms with Crippen LogP contribution >= 0.6 is 0 Å². The van der Waals surface area contributed by atoms with Gasteiger partial charge in [-0.1, -0.05) is 97.6 Å². The highest BCUT2D eigenvalue weighted by Crippen LogP contribution is 2.26. The summed E-state index contributed by atoms with van der Waals surface area (Å²) in [5.74, 6) is 0.910. The van der Waals surface area contributed by atoms with Crippen LogP contribution in [-0.2, 0) is 9.53 Å². The van der Waals surface area contributed by atoms with Crippen LogP contribution in [0, 0.1) is 5.92 Å². The third-order valence-electron chi connectivity index (χ3n) is 7.02. The molecule has 0 aliphatic heterocycles. The number of unbranched alkanes of at least 4 members (excludes halogenated alkanes) is 1. The molecule has 0 bridgehead atoms. The van der Waals surface area contributed by atoms with Gasteiger partial charge >= 0.3 is 0 Å². The molecule has 0 saturated heterocycles. The molecule has 230 valence electrons. The van der Waals surface area contributed by atoms with E-state index in [1.807, 2.05) is 6.92 Å². The Bertz CT molecular complexity index is 795. The summed E-state index contributed by atoms with van der Waals surface area (Å²) in [7, 11) is 0. The SMILES string of the molecule is C=C(CC)CC/C=C(\C)CCC=C(C)C.CC(C)=CCC/C(C)=C/CCC1=CCCC(C)C1.CCCCOC=O. The van der Waals surface area contributed by atoms with Gasteiger partial charge in [0.15, 0.2) is 0 Å². The topological polar surface area (TPSA) is 26.3 Å². The number of carbonyl (C=O) groups is 1. The molecule has 1 aliphatic carbocycles. The number of ether oxygens (including phenoxy) is 1. The molecule has 1 unspecified atom stereocenters. The summed E-state index contributed by atoms with van der Waals surface area (Å²) < 4.78 is 4.39. The van der Waals surface area contributed by atoms with Crippen LogP contribution in [0.2, 0.25) is 0 Å². The van der Waals surface area contributed by atoms with Crippen LogP contribution in [-0.4, -0.2) is 13.1 Å². The van der Waals surface area contributed by atoms with Crippen molar-refractivity contribution in [3.8, 4) is 0 Å². The number of allylic oxidation sites excluding steroid dienone is 11. The van der Waals surface area contributed by atoms with Gasteiger partial charge in [0.05, 0.1) is 6.61 Å². The first-order chi connectivity index (χ1) is 19.0. The molecule has 0 aromatic heterocycles. The van der Waals surface area contributed by atoms with E-state index in [1.54, 1.807) is 11.1 Å². The zero-order chi connectivity index (χ0) is 30.6. The van der Waals surface area contributed by atoms with Crippen LogP contribution in [0.5, 0.6) is 0 Å². The highest BCUT2D eigenvalue weighted by molar-refractivity contribution is 5.36. The van der Waals surface area contributed by atoms with Gasteiger partial charge in [-0.25, -0.2) is 0 Å². The largest absolute Gasteiger partial charge is 0.468 e. The second-order valence-electron chi connectivity index (χ2n) is 12.0. The van der Waals surface area contributed by atoms with E-state index in [1.165, 1.54) is 80.1 Å². The van der Waals surface area contributed by atoms with Gasteiger partial charge in [0.25, 0.3) is 6.47 Å². The maximum Gasteiger partial charge on any atom is 0.293 e. The van der Waals surface area contributed by atoms with Gasteiger partial charge in [-0.2, -0.15) is 0 Å². The highest BCUT2D eigenvalue weighted by atomic mass is 16.5. The molecule has 0 radical (unpaired) electrons. The Kier molecular flexibility index (Phi) is 28.5. The van der Waals surface area contributed by atoms with Gasteiger partial charge in [0.2, 0.25) is 0 Å². The van der Waals surface area contributed by atoms with Gasteiger partial charge < -0.3 is 4.74 Å². The second-order valence-corrected chi connectivity index (χ2v) is 12.0. The summed E-state index contributed by atoms with van der Waals surface area (Å²) in [5, 5.41) is 0. The van der Waals surface area contributed by atoms with E-state index in [0.29, 0.717) is 13.1 Å². The molecule has 2 heteroatoms. The summed E-state index contributed by atoms with van der Waals surface area (Å²) in [6.07, 6.45) is 28.8. The Morgan fingerprint density at radius 2 is 1.43 bits per heavy atom. The molecule has 0 amide bonds. The molecule has 2 nitrogen and oxygen atoms in total. The molecule has 40 heavy (non-hydrogen) atoms. The van der Waals surface area contributed by atoms with Crippen molar-refractivity contribution < 1.29 is 9.53 Å². The van der Waals surface area contributed by atoms with Crippen LogP contribution in [0.15, 0.2) is 70.4 Å². The number of rotatable bonds is 17. The summed E-state index contributed by atoms with van der Waals surface area (Å²) >= 11 is 0. The number of hydrogen-bond donors (Lipinski definition) is 0. The van der Waals surface area contributed by atoms with Crippen molar-refractivity contribution >= 4 is 6.47 Å². The smallest absolute Gasteiger partial charge is 0.293 e. The minimum atomic E-state index is 0.482. The fourth-order valence-electron chi connectivity index (χ4n) is 4.27. The van der Waals surface area contributed by atoms with Crippen LogP contribution in [0.3, 0.4) is 0 Å². The van der Waals surface area contributed by atoms with Crippen LogP contribution in [0.4, 0.5) is 0 Å². The number of hydrogen-bond acceptors (Lipinski definition) is 2. The van der Waals surface area contributed by atoms with E-state index >= 15 is 0 Å². The Morgan fingerprint density at radius 1 is 0.875 bits per heavy atom. The molecular formula is C38H66O2. The van der Waals surface area contributed by atoms with Gasteiger partial charge in [0, 0.05) is 0 Å². The Labute approximate surface area is 250 Å². The normalized spacial score (nSPS) is 14.9. The van der Waals surface area contributed by atoms with E-state index < -0.39 is 0 Å². The molecule has 1 atom stereocenters. The first-order valence-electron chi connectivity index (χ1n) is 16.0. The predicted octanol–water partition coefficient (Wildman–Crippen LogP) is 12.6. The average molecular weight is 555 g/mol. The first kappa shape index (κ1) is 40.1. The van der Waals surface area contributed by atoms with E-state index in [0.717, 1.165) is 38.0 Å². The van der Waals surface area contributed by atoms with Gasteiger partial charge in [-0.15, -0.1) is 0 Å². The molecule has 0 saturated carbocycles. The average Bonchev–Trinajstić information content (AvgIpc) is 2.89. The lowest BCUT2D eigenvalue weighted by Crippen LogP contribution is -2.02. The minimum absolute atomic E-state index is 0.482. The summed E-state index contributed by atoms with van der Waals surface area (Å²) in [6.45, 7) is 24.8. The Hall–Kier alpha value is -2.09. The van der Waals surface area contributed by atoms with Crippen molar-refractivity contribution in [3.05, 3.63) is 70.4 Å². The number of carbonyl (C=O) groups excluding carboxylic acids is 1. The zero-order valence-electron chi connectivity index (χ0n) is 28.2. The molecule has 0 aromatic carbocycles. The molecule has 1 rings (SSSR count). The fourth-order valence-corrected chi connectivity index (χ4v) is 4.27. The second kappa shape index (κ2) is 28.4. The maximum atomic E-state index is 9.46. The predicted molar refractivity (Wildman–Crippen MR) is 181 cm³/mol. The monoisotopic (exact) mass is 555 g/mol. The standard InChI is InChI=1S/C18H30.C15H26.C5H10O2/c1-15(2)8-5-9-16(3)10-6-12-18-13-7-11-17(4)14-18;1-6-14(4)10-8-12-15(5)11-7-9-13(2)3;1-2-3-4-7-5-6/h8,10,13,17H,5-7,9,11-12,14H2,1-4H3;9,12H,4,6-8,10-11H2,1-3,5H3;5H,2-4H2,1H3/b16-10+;15-12+;. The van der Waals surface area contributed by atoms with Crippen molar-refractivity contribution in [2.75, 3.05) is 6.61 Å². The van der Waals surface area contributed by atoms with Crippen molar-refractivity contribution in [1.29, 1.82) is 0 Å². The third-order valence-corrected chi connectivity index (χ3v) is 7.02. The zero-order valence-corrected chi connectivity index (χ0v) is 28.2. The summed E-state index contributed by atoms with van der Waals surface area (Å²) in [5.41, 5.74) is 8.98. The molecule has 0 heterocycles. The molecule has 1 aliphatic rings. The Morgan fingerprint density at radius 3 is 1.90 bits per heavy atom. The lowest BCUT2D eigenvalue weighted by atomic mass is 9.88. The van der Waals surface area contributed by atoms with Crippen molar-refractivity contribution in [2.45, 2.75) is 152 Å².